The Morgan fingerprint density at radius 2 is 2.11 bits per heavy atom. The van der Waals surface area contributed by atoms with Gasteiger partial charge in [-0.15, -0.1) is 0 Å². The van der Waals surface area contributed by atoms with Crippen molar-refractivity contribution in [3.63, 3.8) is 0 Å². The van der Waals surface area contributed by atoms with E-state index in [2.05, 4.69) is 23.3 Å². The highest BCUT2D eigenvalue weighted by molar-refractivity contribution is 5.14. The lowest BCUT2D eigenvalue weighted by Gasteiger charge is -2.34. The van der Waals surface area contributed by atoms with Gasteiger partial charge in [0.25, 0.3) is 0 Å². The molecule has 102 valence electrons. The first-order chi connectivity index (χ1) is 9.33. The van der Waals surface area contributed by atoms with E-state index in [4.69, 9.17) is 0 Å². The second-order valence-corrected chi connectivity index (χ2v) is 6.94. The summed E-state index contributed by atoms with van der Waals surface area (Å²) in [6, 6.07) is 5.44. The number of hydrogen-bond acceptors (Lipinski definition) is 2. The summed E-state index contributed by atoms with van der Waals surface area (Å²) in [7, 11) is 0. The van der Waals surface area contributed by atoms with Crippen LogP contribution in [0.4, 0.5) is 0 Å². The summed E-state index contributed by atoms with van der Waals surface area (Å²) < 4.78 is 0. The Hall–Kier alpha value is -0.890. The Kier molecular flexibility index (Phi) is 2.87. The minimum absolute atomic E-state index is 0.443. The van der Waals surface area contributed by atoms with E-state index in [0.717, 1.165) is 29.7 Å². The molecule has 19 heavy (non-hydrogen) atoms. The topological polar surface area (TPSA) is 24.9 Å². The molecular weight excluding hydrogens is 232 g/mol. The van der Waals surface area contributed by atoms with E-state index < -0.39 is 0 Å². The van der Waals surface area contributed by atoms with Crippen molar-refractivity contribution < 1.29 is 0 Å². The quantitative estimate of drug-likeness (QED) is 0.894. The van der Waals surface area contributed by atoms with Gasteiger partial charge in [-0.1, -0.05) is 12.5 Å². The normalized spacial score (nSPS) is 41.4. The van der Waals surface area contributed by atoms with Crippen molar-refractivity contribution in [2.24, 2.45) is 23.7 Å². The predicted octanol–water partition coefficient (Wildman–Crippen LogP) is 3.56. The molecule has 1 aromatic rings. The van der Waals surface area contributed by atoms with E-state index in [0.29, 0.717) is 6.04 Å². The summed E-state index contributed by atoms with van der Waals surface area (Å²) in [5.74, 6) is 4.15. The fourth-order valence-corrected chi connectivity index (χ4v) is 5.31. The first kappa shape index (κ1) is 11.9. The maximum Gasteiger partial charge on any atom is 0.0315 e. The fraction of sp³-hybridized carbons (Fsp3) is 0.706. The van der Waals surface area contributed by atoms with Crippen molar-refractivity contribution in [2.75, 3.05) is 0 Å². The largest absolute Gasteiger partial charge is 0.307 e. The van der Waals surface area contributed by atoms with Gasteiger partial charge < -0.3 is 5.32 Å². The molecule has 2 bridgehead atoms. The second kappa shape index (κ2) is 4.59. The first-order valence-corrected chi connectivity index (χ1v) is 7.99. The Balaban J connectivity index is 1.45. The van der Waals surface area contributed by atoms with E-state index in [1.807, 2.05) is 18.5 Å². The minimum atomic E-state index is 0.443. The van der Waals surface area contributed by atoms with Crippen LogP contribution in [0.1, 0.15) is 50.6 Å². The molecule has 6 atom stereocenters. The van der Waals surface area contributed by atoms with Crippen LogP contribution in [0.2, 0.25) is 0 Å². The molecule has 2 nitrogen and oxygen atoms in total. The third-order valence-corrected chi connectivity index (χ3v) is 6.08. The Morgan fingerprint density at radius 3 is 2.95 bits per heavy atom. The highest BCUT2D eigenvalue weighted by Crippen LogP contribution is 2.58. The molecule has 4 rings (SSSR count). The smallest absolute Gasteiger partial charge is 0.0315 e. The standard InChI is InChI=1S/C17H24N2/c1-11(12-4-3-7-18-10-12)19-17-9-13-8-16(17)15-6-2-5-14(13)15/h3-4,7,10-11,13-17,19H,2,5-6,8-9H2,1H3/t11-,13?,14?,15?,16?,17?/m1/s1. The molecule has 3 saturated carbocycles. The Bertz CT molecular complexity index is 444. The molecule has 1 N–H and O–H groups in total. The summed E-state index contributed by atoms with van der Waals surface area (Å²) in [5.41, 5.74) is 1.33. The predicted molar refractivity (Wildman–Crippen MR) is 76.6 cm³/mol. The second-order valence-electron chi connectivity index (χ2n) is 6.94. The van der Waals surface area contributed by atoms with Gasteiger partial charge in [0, 0.05) is 24.5 Å². The van der Waals surface area contributed by atoms with Crippen LogP contribution in [0.3, 0.4) is 0 Å². The molecule has 0 amide bonds. The fourth-order valence-electron chi connectivity index (χ4n) is 5.31. The van der Waals surface area contributed by atoms with Crippen LogP contribution in [-0.2, 0) is 0 Å². The maximum atomic E-state index is 4.24. The number of aromatic nitrogens is 1. The van der Waals surface area contributed by atoms with E-state index in [1.54, 1.807) is 0 Å². The van der Waals surface area contributed by atoms with Crippen molar-refractivity contribution in [2.45, 2.75) is 51.1 Å². The lowest BCUT2D eigenvalue weighted by atomic mass is 9.79. The van der Waals surface area contributed by atoms with Gasteiger partial charge in [-0.2, -0.15) is 0 Å². The highest BCUT2D eigenvalue weighted by atomic mass is 15.0. The number of hydrogen-bond donors (Lipinski definition) is 1. The molecule has 3 fully saturated rings. The maximum absolute atomic E-state index is 4.24. The van der Waals surface area contributed by atoms with Crippen molar-refractivity contribution in [1.82, 2.24) is 10.3 Å². The van der Waals surface area contributed by atoms with Gasteiger partial charge in [0.2, 0.25) is 0 Å². The number of pyridine rings is 1. The summed E-state index contributed by atoms with van der Waals surface area (Å²) in [5, 5.41) is 3.90. The number of nitrogens with one attached hydrogen (secondary N) is 1. The average Bonchev–Trinajstić information content (AvgIpc) is 3.11. The summed E-state index contributed by atoms with van der Waals surface area (Å²) in [4.78, 5) is 4.24. The summed E-state index contributed by atoms with van der Waals surface area (Å²) in [6.45, 7) is 2.29. The number of rotatable bonds is 3. The van der Waals surface area contributed by atoms with E-state index >= 15 is 0 Å². The van der Waals surface area contributed by atoms with Gasteiger partial charge in [0.15, 0.2) is 0 Å². The molecule has 0 spiro atoms. The third kappa shape index (κ3) is 1.92. The average molecular weight is 256 g/mol. The van der Waals surface area contributed by atoms with Crippen molar-refractivity contribution in [3.8, 4) is 0 Å². The van der Waals surface area contributed by atoms with Crippen LogP contribution in [0.15, 0.2) is 24.5 Å². The third-order valence-electron chi connectivity index (χ3n) is 6.08. The monoisotopic (exact) mass is 256 g/mol. The SMILES string of the molecule is C[C@@H](NC1CC2CC1C1CCCC21)c1cccnc1. The van der Waals surface area contributed by atoms with E-state index in [-0.39, 0.29) is 0 Å². The van der Waals surface area contributed by atoms with Gasteiger partial charge in [0.1, 0.15) is 0 Å². The molecule has 2 heteroatoms. The molecule has 3 aliphatic carbocycles. The van der Waals surface area contributed by atoms with Crippen molar-refractivity contribution in [3.05, 3.63) is 30.1 Å². The van der Waals surface area contributed by atoms with Crippen molar-refractivity contribution >= 4 is 0 Å². The minimum Gasteiger partial charge on any atom is -0.307 e. The van der Waals surface area contributed by atoms with Crippen LogP contribution < -0.4 is 5.32 Å². The first-order valence-electron chi connectivity index (χ1n) is 7.99. The Morgan fingerprint density at radius 1 is 1.21 bits per heavy atom. The lowest BCUT2D eigenvalue weighted by Crippen LogP contribution is -2.40. The molecular formula is C17H24N2. The number of nitrogens with zero attached hydrogens (tertiary/aromatic N) is 1. The molecule has 0 aliphatic heterocycles. The number of fused-ring (bicyclic) bond motifs is 5. The van der Waals surface area contributed by atoms with Gasteiger partial charge in [0.05, 0.1) is 0 Å². The zero-order chi connectivity index (χ0) is 12.8. The lowest BCUT2D eigenvalue weighted by molar-refractivity contribution is 0.200. The molecule has 0 radical (unpaired) electrons. The Labute approximate surface area is 116 Å². The summed E-state index contributed by atoms with van der Waals surface area (Å²) >= 11 is 0. The molecule has 3 aliphatic rings. The van der Waals surface area contributed by atoms with Gasteiger partial charge in [-0.25, -0.2) is 0 Å². The van der Waals surface area contributed by atoms with Gasteiger partial charge in [-0.05, 0) is 67.9 Å². The molecule has 0 saturated heterocycles. The van der Waals surface area contributed by atoms with Gasteiger partial charge >= 0.3 is 0 Å². The molecule has 5 unspecified atom stereocenters. The van der Waals surface area contributed by atoms with Crippen molar-refractivity contribution in [1.29, 1.82) is 0 Å². The van der Waals surface area contributed by atoms with Crippen LogP contribution in [0.25, 0.3) is 0 Å². The van der Waals surface area contributed by atoms with Crippen LogP contribution in [0, 0.1) is 23.7 Å². The zero-order valence-electron chi connectivity index (χ0n) is 11.8. The molecule has 1 aromatic heterocycles. The van der Waals surface area contributed by atoms with E-state index in [9.17, 15) is 0 Å². The molecule has 1 heterocycles. The zero-order valence-corrected chi connectivity index (χ0v) is 11.8. The highest BCUT2D eigenvalue weighted by Gasteiger charge is 2.53. The van der Waals surface area contributed by atoms with E-state index in [1.165, 1.54) is 37.7 Å². The van der Waals surface area contributed by atoms with Crippen LogP contribution >= 0.6 is 0 Å². The van der Waals surface area contributed by atoms with Crippen LogP contribution in [0.5, 0.6) is 0 Å². The van der Waals surface area contributed by atoms with Crippen LogP contribution in [-0.4, -0.2) is 11.0 Å². The molecule has 0 aromatic carbocycles. The summed E-state index contributed by atoms with van der Waals surface area (Å²) in [6.07, 6.45) is 11.3. The van der Waals surface area contributed by atoms with Gasteiger partial charge in [-0.3, -0.25) is 4.98 Å².